The largest absolute Gasteiger partial charge is 0.465 e. The highest BCUT2D eigenvalue weighted by Gasteiger charge is 2.21. The van der Waals surface area contributed by atoms with E-state index < -0.39 is 11.8 Å². The summed E-state index contributed by atoms with van der Waals surface area (Å²) in [5, 5.41) is 4.61. The molecule has 0 saturated heterocycles. The van der Waals surface area contributed by atoms with E-state index in [2.05, 4.69) is 10.1 Å². The minimum absolute atomic E-state index is 0.253. The number of aryl methyl sites for hydroxylation is 1. The highest BCUT2D eigenvalue weighted by atomic mass is 19.1. The normalized spacial score (nSPS) is 11.2. The lowest BCUT2D eigenvalue weighted by Crippen LogP contribution is -2.19. The molecule has 0 fully saturated rings. The lowest BCUT2D eigenvalue weighted by Gasteiger charge is -2.08. The lowest BCUT2D eigenvalue weighted by molar-refractivity contribution is 0.0602. The Kier molecular flexibility index (Phi) is 3.54. The summed E-state index contributed by atoms with van der Waals surface area (Å²) in [6.45, 7) is 1.67. The van der Waals surface area contributed by atoms with Gasteiger partial charge in [0.25, 0.3) is 5.56 Å². The third-order valence-electron chi connectivity index (χ3n) is 4.16. The van der Waals surface area contributed by atoms with Crippen molar-refractivity contribution in [3.05, 3.63) is 70.2 Å². The number of aromatic nitrogens is 4. The molecule has 0 aliphatic heterocycles. The number of fused-ring (bicyclic) bond motifs is 3. The van der Waals surface area contributed by atoms with E-state index in [1.807, 2.05) is 0 Å². The van der Waals surface area contributed by atoms with Gasteiger partial charge in [0.05, 0.1) is 29.4 Å². The van der Waals surface area contributed by atoms with Crippen LogP contribution in [0.15, 0.2) is 47.5 Å². The molecule has 0 radical (unpaired) electrons. The molecule has 4 aromatic rings. The van der Waals surface area contributed by atoms with Crippen LogP contribution in [0.1, 0.15) is 16.1 Å². The van der Waals surface area contributed by atoms with Gasteiger partial charge in [-0.2, -0.15) is 5.10 Å². The van der Waals surface area contributed by atoms with E-state index >= 15 is 0 Å². The molecule has 1 aromatic carbocycles. The molecule has 0 unspecified atom stereocenters. The Balaban J connectivity index is 2.02. The van der Waals surface area contributed by atoms with Crippen LogP contribution in [0, 0.1) is 12.7 Å². The monoisotopic (exact) mass is 352 g/mol. The van der Waals surface area contributed by atoms with Crippen molar-refractivity contribution in [1.29, 1.82) is 0 Å². The molecule has 0 bridgehead atoms. The van der Waals surface area contributed by atoms with Gasteiger partial charge in [-0.05, 0) is 31.2 Å². The van der Waals surface area contributed by atoms with E-state index in [9.17, 15) is 14.0 Å². The van der Waals surface area contributed by atoms with Crippen LogP contribution >= 0.6 is 0 Å². The summed E-state index contributed by atoms with van der Waals surface area (Å²) >= 11 is 0. The summed E-state index contributed by atoms with van der Waals surface area (Å²) in [5.41, 5.74) is 1.55. The van der Waals surface area contributed by atoms with Gasteiger partial charge in [0.2, 0.25) is 0 Å². The predicted octanol–water partition coefficient (Wildman–Crippen LogP) is 2.27. The molecule has 7 nitrogen and oxygen atoms in total. The fourth-order valence-electron chi connectivity index (χ4n) is 2.95. The number of rotatable bonds is 2. The third-order valence-corrected chi connectivity index (χ3v) is 4.16. The molecule has 0 amide bonds. The molecule has 3 heterocycles. The quantitative estimate of drug-likeness (QED) is 0.517. The standard InChI is InChI=1S/C18H13FN4O3/c1-10-15(18(25)26-2)16-20-9-13-14(23(16)21-10)6-7-22(17(13)24)12-5-3-4-11(19)8-12/h3-9H,1-2H3. The molecule has 3 aromatic heterocycles. The maximum Gasteiger partial charge on any atom is 0.343 e. The second-order valence-electron chi connectivity index (χ2n) is 5.72. The summed E-state index contributed by atoms with van der Waals surface area (Å²) in [4.78, 5) is 29.0. The Morgan fingerprint density at radius 3 is 2.81 bits per heavy atom. The third kappa shape index (κ3) is 2.26. The SMILES string of the molecule is COC(=O)c1c(C)nn2c1ncc1c(=O)n(-c3cccc(F)c3)ccc12. The highest BCUT2D eigenvalue weighted by molar-refractivity contribution is 5.98. The first-order valence-electron chi connectivity index (χ1n) is 7.75. The second-order valence-corrected chi connectivity index (χ2v) is 5.72. The van der Waals surface area contributed by atoms with Gasteiger partial charge in [-0.3, -0.25) is 9.36 Å². The molecule has 0 atom stereocenters. The van der Waals surface area contributed by atoms with Gasteiger partial charge in [-0.25, -0.2) is 18.7 Å². The first-order chi connectivity index (χ1) is 12.5. The molecule has 4 rings (SSSR count). The van der Waals surface area contributed by atoms with Crippen LogP contribution in [0.4, 0.5) is 4.39 Å². The lowest BCUT2D eigenvalue weighted by atomic mass is 10.2. The van der Waals surface area contributed by atoms with Crippen molar-refractivity contribution < 1.29 is 13.9 Å². The minimum Gasteiger partial charge on any atom is -0.465 e. The van der Waals surface area contributed by atoms with Crippen molar-refractivity contribution in [3.63, 3.8) is 0 Å². The van der Waals surface area contributed by atoms with Crippen LogP contribution in [0.2, 0.25) is 0 Å². The molecule has 0 aliphatic rings. The first-order valence-corrected chi connectivity index (χ1v) is 7.75. The van der Waals surface area contributed by atoms with Crippen molar-refractivity contribution in [2.75, 3.05) is 7.11 Å². The molecular weight excluding hydrogens is 339 g/mol. The summed E-state index contributed by atoms with van der Waals surface area (Å²) < 4.78 is 21.0. The number of hydrogen-bond acceptors (Lipinski definition) is 5. The van der Waals surface area contributed by atoms with E-state index in [1.165, 1.54) is 46.8 Å². The number of pyridine rings is 1. The van der Waals surface area contributed by atoms with Gasteiger partial charge >= 0.3 is 5.97 Å². The first kappa shape index (κ1) is 15.9. The van der Waals surface area contributed by atoms with E-state index in [1.54, 1.807) is 19.1 Å². The maximum absolute atomic E-state index is 13.5. The van der Waals surface area contributed by atoms with Crippen LogP contribution in [-0.2, 0) is 4.74 Å². The van der Waals surface area contributed by atoms with E-state index in [-0.39, 0.29) is 11.1 Å². The van der Waals surface area contributed by atoms with Crippen LogP contribution < -0.4 is 5.56 Å². The summed E-state index contributed by atoms with van der Waals surface area (Å²) in [6.07, 6.45) is 2.92. The number of carbonyl (C=O) groups is 1. The average Bonchev–Trinajstić information content (AvgIpc) is 2.97. The minimum atomic E-state index is -0.544. The fourth-order valence-corrected chi connectivity index (χ4v) is 2.95. The number of hydrogen-bond donors (Lipinski definition) is 0. The second kappa shape index (κ2) is 5.76. The van der Waals surface area contributed by atoms with E-state index in [0.717, 1.165) is 0 Å². The molecule has 0 saturated carbocycles. The van der Waals surface area contributed by atoms with Crippen LogP contribution in [0.3, 0.4) is 0 Å². The van der Waals surface area contributed by atoms with Gasteiger partial charge in [-0.15, -0.1) is 0 Å². The zero-order chi connectivity index (χ0) is 18.4. The van der Waals surface area contributed by atoms with Gasteiger partial charge in [0.1, 0.15) is 11.4 Å². The molecule has 26 heavy (non-hydrogen) atoms. The zero-order valence-electron chi connectivity index (χ0n) is 13.9. The van der Waals surface area contributed by atoms with E-state index in [4.69, 9.17) is 4.74 Å². The molecule has 0 N–H and O–H groups in total. The predicted molar refractivity (Wildman–Crippen MR) is 92.1 cm³/mol. The summed E-state index contributed by atoms with van der Waals surface area (Å²) in [6, 6.07) is 7.41. The number of esters is 1. The van der Waals surface area contributed by atoms with Crippen LogP contribution in [0.5, 0.6) is 0 Å². The Bertz CT molecular complexity index is 1240. The van der Waals surface area contributed by atoms with Gasteiger partial charge in [0.15, 0.2) is 5.65 Å². The molecular formula is C18H13FN4O3. The van der Waals surface area contributed by atoms with Crippen molar-refractivity contribution in [2.45, 2.75) is 6.92 Å². The Hall–Kier alpha value is -3.55. The van der Waals surface area contributed by atoms with Crippen molar-refractivity contribution in [2.24, 2.45) is 0 Å². The molecule has 0 aliphatic carbocycles. The average molecular weight is 352 g/mol. The number of nitrogens with zero attached hydrogens (tertiary/aromatic N) is 4. The van der Waals surface area contributed by atoms with E-state index in [0.29, 0.717) is 27.9 Å². The van der Waals surface area contributed by atoms with Gasteiger partial charge in [-0.1, -0.05) is 6.07 Å². The number of carbonyl (C=O) groups excluding carboxylic acids is 1. The fraction of sp³-hybridized carbons (Fsp3) is 0.111. The van der Waals surface area contributed by atoms with Gasteiger partial charge in [0, 0.05) is 12.4 Å². The molecule has 130 valence electrons. The maximum atomic E-state index is 13.5. The Morgan fingerprint density at radius 2 is 2.08 bits per heavy atom. The van der Waals surface area contributed by atoms with Crippen LogP contribution in [0.25, 0.3) is 22.2 Å². The van der Waals surface area contributed by atoms with Gasteiger partial charge < -0.3 is 4.74 Å². The summed E-state index contributed by atoms with van der Waals surface area (Å²) in [7, 11) is 1.28. The number of benzene rings is 1. The van der Waals surface area contributed by atoms with Crippen molar-refractivity contribution >= 4 is 22.5 Å². The van der Waals surface area contributed by atoms with Crippen molar-refractivity contribution in [3.8, 4) is 5.69 Å². The smallest absolute Gasteiger partial charge is 0.343 e. The molecule has 8 heteroatoms. The Labute approximate surface area is 146 Å². The van der Waals surface area contributed by atoms with Crippen molar-refractivity contribution in [1.82, 2.24) is 19.2 Å². The number of halogens is 1. The molecule has 0 spiro atoms. The Morgan fingerprint density at radius 1 is 1.27 bits per heavy atom. The van der Waals surface area contributed by atoms with Crippen LogP contribution in [-0.4, -0.2) is 32.2 Å². The highest BCUT2D eigenvalue weighted by Crippen LogP contribution is 2.19. The summed E-state index contributed by atoms with van der Waals surface area (Å²) in [5.74, 6) is -0.981. The topological polar surface area (TPSA) is 78.5 Å². The zero-order valence-corrected chi connectivity index (χ0v) is 13.9. The number of methoxy groups -OCH3 is 1. The number of ether oxygens (including phenoxy) is 1.